The molecule has 1 N–H and O–H groups in total. The highest BCUT2D eigenvalue weighted by molar-refractivity contribution is 6.76. The largest absolute Gasteiger partial charge is 0.416 e. The SMILES string of the molecule is C=C[C@@H](CO[Si](C)(C)C(C)(C)C)[C@@]12OC(C)(C)O[C@@H]1[C@H]1C[C@@H](O)[C@@H]2[C@@H](COCc2ccccc2)[C@@H]1COCOCC[Si](C)(C)C. The Bertz CT molecular complexity index is 1100. The van der Waals surface area contributed by atoms with Crippen LogP contribution in [0.25, 0.3) is 0 Å². The zero-order valence-electron chi connectivity index (χ0n) is 29.8. The van der Waals surface area contributed by atoms with Crippen molar-refractivity contribution in [1.82, 2.24) is 0 Å². The average Bonchev–Trinajstić information content (AvgIpc) is 3.23. The number of fused-ring (bicyclic) bond motifs is 2. The highest BCUT2D eigenvalue weighted by Crippen LogP contribution is 2.63. The molecule has 1 heterocycles. The van der Waals surface area contributed by atoms with Gasteiger partial charge in [-0.1, -0.05) is 76.8 Å². The van der Waals surface area contributed by atoms with E-state index in [2.05, 4.69) is 72.2 Å². The number of hydrogen-bond donors (Lipinski definition) is 1. The van der Waals surface area contributed by atoms with E-state index in [1.54, 1.807) is 0 Å². The van der Waals surface area contributed by atoms with Crippen LogP contribution >= 0.6 is 0 Å². The van der Waals surface area contributed by atoms with Crippen LogP contribution in [-0.2, 0) is 34.7 Å². The van der Waals surface area contributed by atoms with Crippen LogP contribution in [0.5, 0.6) is 0 Å². The predicted octanol–water partition coefficient (Wildman–Crippen LogP) is 7.49. The first kappa shape index (κ1) is 36.9. The van der Waals surface area contributed by atoms with Gasteiger partial charge in [-0.25, -0.2) is 0 Å². The lowest BCUT2D eigenvalue weighted by molar-refractivity contribution is -0.256. The van der Waals surface area contributed by atoms with Crippen LogP contribution in [0.1, 0.15) is 46.6 Å². The van der Waals surface area contributed by atoms with Crippen LogP contribution in [0.15, 0.2) is 43.0 Å². The van der Waals surface area contributed by atoms with E-state index in [-0.39, 0.29) is 47.5 Å². The van der Waals surface area contributed by atoms with E-state index < -0.39 is 33.9 Å². The summed E-state index contributed by atoms with van der Waals surface area (Å²) in [6.45, 7) is 29.7. The third-order valence-electron chi connectivity index (χ3n) is 10.9. The minimum atomic E-state index is -2.06. The smallest absolute Gasteiger partial charge is 0.192 e. The van der Waals surface area contributed by atoms with Gasteiger partial charge in [0.1, 0.15) is 12.4 Å². The van der Waals surface area contributed by atoms with Crippen molar-refractivity contribution in [2.24, 2.45) is 29.6 Å². The lowest BCUT2D eigenvalue weighted by Crippen LogP contribution is -2.72. The monoisotopic (exact) mass is 662 g/mol. The van der Waals surface area contributed by atoms with Crippen LogP contribution < -0.4 is 0 Å². The van der Waals surface area contributed by atoms with Crippen LogP contribution in [0.2, 0.25) is 43.8 Å². The Kier molecular flexibility index (Phi) is 11.7. The lowest BCUT2D eigenvalue weighted by Gasteiger charge is -2.62. The molecule has 3 aliphatic carbocycles. The number of aliphatic hydroxyl groups excluding tert-OH is 1. The number of aliphatic hydroxyl groups is 1. The minimum Gasteiger partial charge on any atom is -0.416 e. The zero-order valence-corrected chi connectivity index (χ0v) is 31.8. The fourth-order valence-electron chi connectivity index (χ4n) is 7.51. The molecule has 256 valence electrons. The summed E-state index contributed by atoms with van der Waals surface area (Å²) in [7, 11) is -3.24. The van der Waals surface area contributed by atoms with Crippen molar-refractivity contribution in [2.45, 2.75) is 115 Å². The molecule has 1 aromatic carbocycles. The molecule has 1 aliphatic heterocycles. The number of ether oxygens (including phenoxy) is 5. The van der Waals surface area contributed by atoms with Gasteiger partial charge in [0, 0.05) is 33.1 Å². The van der Waals surface area contributed by atoms with Gasteiger partial charge in [-0.3, -0.25) is 0 Å². The molecular weight excluding hydrogens is 601 g/mol. The maximum atomic E-state index is 11.9. The van der Waals surface area contributed by atoms with Gasteiger partial charge < -0.3 is 33.2 Å². The summed E-state index contributed by atoms with van der Waals surface area (Å²) in [5.41, 5.74) is 0.338. The second-order valence-corrected chi connectivity index (χ2v) is 27.3. The van der Waals surface area contributed by atoms with Crippen LogP contribution in [0.4, 0.5) is 0 Å². The molecule has 45 heavy (non-hydrogen) atoms. The normalized spacial score (nSPS) is 32.0. The molecule has 5 rings (SSSR count). The molecule has 0 aromatic heterocycles. The number of rotatable bonds is 16. The van der Waals surface area contributed by atoms with Crippen molar-refractivity contribution < 1.29 is 33.2 Å². The van der Waals surface area contributed by atoms with Crippen molar-refractivity contribution in [3.05, 3.63) is 48.6 Å². The molecule has 4 fully saturated rings. The molecule has 1 aromatic rings. The molecular formula is C36H62O7Si2. The summed E-state index contributed by atoms with van der Waals surface area (Å²) in [4.78, 5) is 0. The Balaban J connectivity index is 1.62. The molecule has 0 amide bonds. The fourth-order valence-corrected chi connectivity index (χ4v) is 9.30. The third-order valence-corrected chi connectivity index (χ3v) is 17.1. The maximum absolute atomic E-state index is 11.9. The lowest BCUT2D eigenvalue weighted by atomic mass is 9.48. The van der Waals surface area contributed by atoms with E-state index in [9.17, 15) is 5.11 Å². The Hall–Kier alpha value is -0.886. The molecule has 3 saturated carbocycles. The highest BCUT2D eigenvalue weighted by atomic mass is 28.4. The second-order valence-electron chi connectivity index (χ2n) is 16.8. The topological polar surface area (TPSA) is 75.6 Å². The van der Waals surface area contributed by atoms with Crippen molar-refractivity contribution in [3.63, 3.8) is 0 Å². The first-order chi connectivity index (χ1) is 20.9. The van der Waals surface area contributed by atoms with E-state index in [1.165, 1.54) is 0 Å². The summed E-state index contributed by atoms with van der Waals surface area (Å²) in [5, 5.41) is 12.0. The minimum absolute atomic E-state index is 0.00600. The Morgan fingerprint density at radius 2 is 1.69 bits per heavy atom. The maximum Gasteiger partial charge on any atom is 0.192 e. The summed E-state index contributed by atoms with van der Waals surface area (Å²) in [6, 6.07) is 11.4. The Morgan fingerprint density at radius 1 is 1.02 bits per heavy atom. The van der Waals surface area contributed by atoms with E-state index in [0.717, 1.165) is 18.2 Å². The Morgan fingerprint density at radius 3 is 2.31 bits per heavy atom. The number of hydrogen-bond acceptors (Lipinski definition) is 7. The average molecular weight is 663 g/mol. The van der Waals surface area contributed by atoms with Gasteiger partial charge >= 0.3 is 0 Å². The van der Waals surface area contributed by atoms with Crippen molar-refractivity contribution in [2.75, 3.05) is 33.2 Å². The van der Waals surface area contributed by atoms with Gasteiger partial charge in [0.05, 0.1) is 32.0 Å². The van der Waals surface area contributed by atoms with E-state index in [4.69, 9.17) is 28.1 Å². The van der Waals surface area contributed by atoms with E-state index >= 15 is 0 Å². The van der Waals surface area contributed by atoms with Gasteiger partial charge in [-0.05, 0) is 67.8 Å². The summed E-state index contributed by atoms with van der Waals surface area (Å²) < 4.78 is 39.3. The van der Waals surface area contributed by atoms with Gasteiger partial charge in [0.2, 0.25) is 0 Å². The molecule has 4 aliphatic rings. The fraction of sp³-hybridized carbons (Fsp3) is 0.778. The first-order valence-electron chi connectivity index (χ1n) is 17.0. The predicted molar refractivity (Wildman–Crippen MR) is 185 cm³/mol. The summed E-state index contributed by atoms with van der Waals surface area (Å²) in [6.07, 6.45) is 1.84. The van der Waals surface area contributed by atoms with Gasteiger partial charge in [-0.2, -0.15) is 0 Å². The molecule has 0 spiro atoms. The standard InChI is InChI=1S/C36H62O7Si2/c1-12-27(22-41-45(10,11)34(2,3)4)36-32-30(24-39-21-26-16-14-13-15-17-26)29(23-40-25-38-18-19-44(7,8)9)28(20-31(32)37)33(36)42-35(5,6)43-36/h12-17,27-33,37H,1,18-25H2,2-11H3/t27-,28-,29+,30-,31+,32-,33+,36-/m0/s1. The Labute approximate surface area is 275 Å². The molecule has 2 bridgehead atoms. The van der Waals surface area contributed by atoms with Crippen molar-refractivity contribution >= 4 is 16.4 Å². The van der Waals surface area contributed by atoms with E-state index in [0.29, 0.717) is 32.8 Å². The molecule has 7 nitrogen and oxygen atoms in total. The molecule has 0 radical (unpaired) electrons. The summed E-state index contributed by atoms with van der Waals surface area (Å²) in [5.74, 6) is -1.07. The van der Waals surface area contributed by atoms with Crippen LogP contribution in [0.3, 0.4) is 0 Å². The second kappa shape index (κ2) is 14.3. The van der Waals surface area contributed by atoms with E-state index in [1.807, 2.05) is 38.1 Å². The van der Waals surface area contributed by atoms with Gasteiger partial charge in [-0.15, -0.1) is 6.58 Å². The number of benzene rings is 1. The van der Waals surface area contributed by atoms with Crippen molar-refractivity contribution in [3.8, 4) is 0 Å². The molecule has 9 heteroatoms. The molecule has 1 saturated heterocycles. The quantitative estimate of drug-likeness (QED) is 0.0851. The zero-order chi connectivity index (χ0) is 33.3. The molecule has 8 atom stereocenters. The van der Waals surface area contributed by atoms with Crippen LogP contribution in [-0.4, -0.2) is 78.3 Å². The molecule has 0 unspecified atom stereocenters. The van der Waals surface area contributed by atoms with Gasteiger partial charge in [0.15, 0.2) is 14.1 Å². The first-order valence-corrected chi connectivity index (χ1v) is 23.6. The van der Waals surface area contributed by atoms with Gasteiger partial charge in [0.25, 0.3) is 0 Å². The highest BCUT2D eigenvalue weighted by Gasteiger charge is 2.73. The third kappa shape index (κ3) is 8.41. The summed E-state index contributed by atoms with van der Waals surface area (Å²) >= 11 is 0. The van der Waals surface area contributed by atoms with Crippen LogP contribution in [0, 0.1) is 29.6 Å². The van der Waals surface area contributed by atoms with Crippen molar-refractivity contribution in [1.29, 1.82) is 0 Å².